The number of nitro benzene ring substituents is 1. The van der Waals surface area contributed by atoms with Crippen LogP contribution >= 0.6 is 12.2 Å². The molecular formula is C16H11N3O5S. The third-order valence-electron chi connectivity index (χ3n) is 3.55. The number of amides is 2. The highest BCUT2D eigenvalue weighted by atomic mass is 32.1. The fourth-order valence-electron chi connectivity index (χ4n) is 2.29. The first-order chi connectivity index (χ1) is 11.8. The van der Waals surface area contributed by atoms with Gasteiger partial charge in [-0.15, -0.1) is 0 Å². The minimum Gasteiger partial charge on any atom is -0.457 e. The van der Waals surface area contributed by atoms with Gasteiger partial charge in [-0.3, -0.25) is 30.3 Å². The van der Waals surface area contributed by atoms with Crippen molar-refractivity contribution < 1.29 is 18.9 Å². The normalized spacial score (nSPS) is 14.1. The standard InChI is InChI=1S/C16H11N3O5S/c1-8-2-3-9(6-12(8)19(22)23)13-5-4-10(24-13)7-11-14(20)17-16(25)18-15(11)21/h2-7H,1H3,(H2,17,18,20,21,25). The fraction of sp³-hybridized carbons (Fsp3) is 0.0625. The fourth-order valence-corrected chi connectivity index (χ4v) is 2.48. The zero-order chi connectivity index (χ0) is 18.1. The number of nitrogens with one attached hydrogen (secondary N) is 2. The summed E-state index contributed by atoms with van der Waals surface area (Å²) in [5.41, 5.74) is 0.882. The van der Waals surface area contributed by atoms with E-state index in [9.17, 15) is 19.7 Å². The van der Waals surface area contributed by atoms with Crippen LogP contribution in [0.15, 0.2) is 40.3 Å². The Morgan fingerprint density at radius 3 is 2.48 bits per heavy atom. The summed E-state index contributed by atoms with van der Waals surface area (Å²) in [6, 6.07) is 7.88. The average Bonchev–Trinajstić information content (AvgIpc) is 2.99. The molecule has 0 atom stereocenters. The smallest absolute Gasteiger partial charge is 0.273 e. The number of nitrogens with zero attached hydrogens (tertiary/aromatic N) is 1. The molecule has 0 bridgehead atoms. The van der Waals surface area contributed by atoms with Crippen molar-refractivity contribution in [1.82, 2.24) is 10.6 Å². The van der Waals surface area contributed by atoms with E-state index in [-0.39, 0.29) is 22.1 Å². The van der Waals surface area contributed by atoms with Crippen molar-refractivity contribution in [3.8, 4) is 11.3 Å². The molecule has 8 nitrogen and oxygen atoms in total. The Kier molecular flexibility index (Phi) is 4.15. The Morgan fingerprint density at radius 1 is 1.16 bits per heavy atom. The molecule has 9 heteroatoms. The third kappa shape index (κ3) is 3.31. The van der Waals surface area contributed by atoms with E-state index in [0.29, 0.717) is 16.9 Å². The molecule has 1 aliphatic rings. The quantitative estimate of drug-likeness (QED) is 0.286. The van der Waals surface area contributed by atoms with Gasteiger partial charge in [0, 0.05) is 17.2 Å². The molecule has 2 N–H and O–H groups in total. The van der Waals surface area contributed by atoms with Crippen molar-refractivity contribution in [2.45, 2.75) is 6.92 Å². The molecule has 0 saturated carbocycles. The van der Waals surface area contributed by atoms with E-state index < -0.39 is 16.7 Å². The zero-order valence-corrected chi connectivity index (χ0v) is 13.7. The van der Waals surface area contributed by atoms with E-state index in [2.05, 4.69) is 10.6 Å². The van der Waals surface area contributed by atoms with Gasteiger partial charge in [-0.25, -0.2) is 0 Å². The first-order valence-corrected chi connectivity index (χ1v) is 7.49. The Labute approximate surface area is 146 Å². The highest BCUT2D eigenvalue weighted by Crippen LogP contribution is 2.28. The number of thiocarbonyl (C=S) groups is 1. The maximum Gasteiger partial charge on any atom is 0.273 e. The molecule has 1 fully saturated rings. The van der Waals surface area contributed by atoms with Crippen molar-refractivity contribution >= 4 is 40.9 Å². The topological polar surface area (TPSA) is 114 Å². The van der Waals surface area contributed by atoms with Crippen LogP contribution in [0.25, 0.3) is 17.4 Å². The summed E-state index contributed by atoms with van der Waals surface area (Å²) in [6.45, 7) is 1.64. The summed E-state index contributed by atoms with van der Waals surface area (Å²) in [7, 11) is 0. The molecule has 1 aromatic heterocycles. The minimum absolute atomic E-state index is 0.0200. The van der Waals surface area contributed by atoms with Crippen LogP contribution in [0.5, 0.6) is 0 Å². The van der Waals surface area contributed by atoms with Crippen molar-refractivity contribution in [1.29, 1.82) is 0 Å². The summed E-state index contributed by atoms with van der Waals surface area (Å²) in [6.07, 6.45) is 1.28. The summed E-state index contributed by atoms with van der Waals surface area (Å²) < 4.78 is 5.58. The summed E-state index contributed by atoms with van der Waals surface area (Å²) in [4.78, 5) is 34.2. The Bertz CT molecular complexity index is 938. The number of hydrogen-bond donors (Lipinski definition) is 2. The second kappa shape index (κ2) is 6.29. The first kappa shape index (κ1) is 16.5. The van der Waals surface area contributed by atoms with E-state index >= 15 is 0 Å². The second-order valence-corrected chi connectivity index (χ2v) is 5.66. The van der Waals surface area contributed by atoms with Crippen molar-refractivity contribution in [3.05, 3.63) is 57.3 Å². The monoisotopic (exact) mass is 357 g/mol. The van der Waals surface area contributed by atoms with Gasteiger partial charge < -0.3 is 4.42 Å². The maximum absolute atomic E-state index is 11.8. The van der Waals surface area contributed by atoms with Crippen molar-refractivity contribution in [2.24, 2.45) is 0 Å². The molecule has 1 aliphatic heterocycles. The number of aryl methyl sites for hydroxylation is 1. The lowest BCUT2D eigenvalue weighted by Gasteiger charge is -2.15. The van der Waals surface area contributed by atoms with Crippen LogP contribution < -0.4 is 10.6 Å². The molecular weight excluding hydrogens is 346 g/mol. The molecule has 2 aromatic rings. The largest absolute Gasteiger partial charge is 0.457 e. The van der Waals surface area contributed by atoms with Gasteiger partial charge in [-0.05, 0) is 37.4 Å². The van der Waals surface area contributed by atoms with Crippen LogP contribution in [-0.4, -0.2) is 21.9 Å². The van der Waals surface area contributed by atoms with Gasteiger partial charge in [0.15, 0.2) is 5.11 Å². The van der Waals surface area contributed by atoms with E-state index in [1.807, 2.05) is 0 Å². The molecule has 2 amide bonds. The molecule has 1 saturated heterocycles. The summed E-state index contributed by atoms with van der Waals surface area (Å²) in [5, 5.41) is 15.6. The number of nitro groups is 1. The predicted octanol–water partition coefficient (Wildman–Crippen LogP) is 2.08. The van der Waals surface area contributed by atoms with Crippen LogP contribution in [0.4, 0.5) is 5.69 Å². The van der Waals surface area contributed by atoms with E-state index in [4.69, 9.17) is 16.6 Å². The van der Waals surface area contributed by atoms with Crippen molar-refractivity contribution in [2.75, 3.05) is 0 Å². The Morgan fingerprint density at radius 2 is 1.84 bits per heavy atom. The molecule has 0 aliphatic carbocycles. The number of carbonyl (C=O) groups is 2. The minimum atomic E-state index is -0.627. The average molecular weight is 357 g/mol. The number of hydrogen-bond acceptors (Lipinski definition) is 6. The molecule has 25 heavy (non-hydrogen) atoms. The maximum atomic E-state index is 11.8. The number of carbonyl (C=O) groups excluding carboxylic acids is 2. The van der Waals surface area contributed by atoms with Crippen LogP contribution in [0.3, 0.4) is 0 Å². The molecule has 0 spiro atoms. The highest BCUT2D eigenvalue weighted by molar-refractivity contribution is 7.80. The molecule has 2 heterocycles. The third-order valence-corrected chi connectivity index (χ3v) is 3.75. The van der Waals surface area contributed by atoms with Gasteiger partial charge in [0.05, 0.1) is 4.92 Å². The predicted molar refractivity (Wildman–Crippen MR) is 92.4 cm³/mol. The van der Waals surface area contributed by atoms with Gasteiger partial charge in [-0.1, -0.05) is 12.1 Å². The van der Waals surface area contributed by atoms with Crippen LogP contribution in [0.1, 0.15) is 11.3 Å². The number of rotatable bonds is 3. The molecule has 0 unspecified atom stereocenters. The molecule has 1 aromatic carbocycles. The first-order valence-electron chi connectivity index (χ1n) is 7.09. The van der Waals surface area contributed by atoms with Gasteiger partial charge >= 0.3 is 0 Å². The summed E-state index contributed by atoms with van der Waals surface area (Å²) in [5.74, 6) is -0.621. The Hall–Kier alpha value is -3.33. The lowest BCUT2D eigenvalue weighted by molar-refractivity contribution is -0.385. The summed E-state index contributed by atoms with van der Waals surface area (Å²) >= 11 is 4.72. The van der Waals surface area contributed by atoms with Crippen LogP contribution in [0.2, 0.25) is 0 Å². The van der Waals surface area contributed by atoms with Gasteiger partial charge in [0.1, 0.15) is 17.1 Å². The number of furan rings is 1. The van der Waals surface area contributed by atoms with Crippen LogP contribution in [-0.2, 0) is 9.59 Å². The lowest BCUT2D eigenvalue weighted by Crippen LogP contribution is -2.51. The molecule has 3 rings (SSSR count). The van der Waals surface area contributed by atoms with Gasteiger partial charge in [-0.2, -0.15) is 0 Å². The second-order valence-electron chi connectivity index (χ2n) is 5.26. The van der Waals surface area contributed by atoms with Gasteiger partial charge in [0.2, 0.25) is 0 Å². The SMILES string of the molecule is Cc1ccc(-c2ccc(C=C3C(=O)NC(=S)NC3=O)o2)cc1[N+](=O)[O-]. The number of benzene rings is 1. The van der Waals surface area contributed by atoms with E-state index in [1.165, 1.54) is 12.1 Å². The van der Waals surface area contributed by atoms with Crippen LogP contribution in [0, 0.1) is 17.0 Å². The lowest BCUT2D eigenvalue weighted by atomic mass is 10.1. The highest BCUT2D eigenvalue weighted by Gasteiger charge is 2.26. The molecule has 126 valence electrons. The van der Waals surface area contributed by atoms with Crippen molar-refractivity contribution in [3.63, 3.8) is 0 Å². The van der Waals surface area contributed by atoms with E-state index in [0.717, 1.165) is 0 Å². The van der Waals surface area contributed by atoms with E-state index in [1.54, 1.807) is 31.2 Å². The van der Waals surface area contributed by atoms with Gasteiger partial charge in [0.25, 0.3) is 17.5 Å². The molecule has 0 radical (unpaired) electrons. The zero-order valence-electron chi connectivity index (χ0n) is 12.9. The Balaban J connectivity index is 1.93.